The second-order valence-electron chi connectivity index (χ2n) is 25.5. The molecule has 3 N–H and O–H groups in total. The van der Waals surface area contributed by atoms with Gasteiger partial charge in [-0.15, -0.1) is 0 Å². The SMILES string of the molecule is CCCCCCCCCCCCC(=O)O[C@H](COC(=O)CCCCCCCCCC)COP(=O)(O)OC[C@H](O)COP(=O)(O)OC[C@@H](COC(=O)CCCCCCCCCCCCC(C)C)OC(=O)CCCCCCCCCCCCCCCC(C)C. The number of phosphoric acid groups is 2. The topological polar surface area (TPSA) is 237 Å². The predicted octanol–water partition coefficient (Wildman–Crippen LogP) is 19.2. The van der Waals surface area contributed by atoms with E-state index in [1.807, 2.05) is 0 Å². The molecule has 0 aromatic carbocycles. The first-order chi connectivity index (χ1) is 41.9. The number of ether oxygens (including phenoxy) is 4. The molecule has 2 unspecified atom stereocenters. The van der Waals surface area contributed by atoms with Crippen LogP contribution >= 0.6 is 15.6 Å². The van der Waals surface area contributed by atoms with E-state index in [4.69, 9.17) is 37.0 Å². The number of aliphatic hydroxyl groups excluding tert-OH is 1. The zero-order valence-corrected chi connectivity index (χ0v) is 58.1. The number of carbonyl (C=O) groups excluding carboxylic acids is 4. The lowest BCUT2D eigenvalue weighted by atomic mass is 10.0. The molecular formula is C68H132O17P2. The van der Waals surface area contributed by atoms with E-state index in [2.05, 4.69) is 41.5 Å². The van der Waals surface area contributed by atoms with Crippen LogP contribution in [0, 0.1) is 11.8 Å². The second-order valence-corrected chi connectivity index (χ2v) is 28.4. The molecule has 0 aliphatic heterocycles. The van der Waals surface area contributed by atoms with Gasteiger partial charge >= 0.3 is 39.5 Å². The van der Waals surface area contributed by atoms with E-state index in [-0.39, 0.29) is 25.7 Å². The van der Waals surface area contributed by atoms with Crippen LogP contribution < -0.4 is 0 Å². The summed E-state index contributed by atoms with van der Waals surface area (Å²) in [5.41, 5.74) is 0. The Bertz CT molecular complexity index is 1700. The third-order valence-electron chi connectivity index (χ3n) is 15.7. The standard InChI is InChI=1S/C68H132O17P2/c1-7-9-11-13-15-17-27-34-40-46-52-67(72)84-63(56-78-65(70)50-44-38-32-16-14-12-10-8-2)58-82-86(74,75)80-54-62(69)55-81-87(76,77)83-59-64(57-79-66(71)51-45-39-33-28-24-23-26-31-37-43-49-61(5)6)85-68(73)53-47-41-35-29-22-20-18-19-21-25-30-36-42-48-60(3)4/h60-64,69H,7-59H2,1-6H3,(H,74,75)(H,76,77)/t62-,63+,64+/m0/s1. The normalized spacial score (nSPS) is 14.2. The molecule has 0 aromatic rings. The van der Waals surface area contributed by atoms with Crippen molar-refractivity contribution in [2.75, 3.05) is 39.6 Å². The van der Waals surface area contributed by atoms with Gasteiger partial charge in [-0.05, 0) is 37.5 Å². The van der Waals surface area contributed by atoms with E-state index < -0.39 is 97.5 Å². The van der Waals surface area contributed by atoms with Gasteiger partial charge in [-0.1, -0.05) is 292 Å². The van der Waals surface area contributed by atoms with Crippen LogP contribution in [0.4, 0.5) is 0 Å². The number of unbranched alkanes of at least 4 members (excludes halogenated alkanes) is 37. The Morgan fingerprint density at radius 1 is 0.310 bits per heavy atom. The molecule has 0 aliphatic rings. The molecule has 0 aliphatic carbocycles. The zero-order valence-electron chi connectivity index (χ0n) is 56.3. The third kappa shape index (κ3) is 62.6. The maximum absolute atomic E-state index is 13.0. The van der Waals surface area contributed by atoms with Crippen molar-refractivity contribution in [2.24, 2.45) is 11.8 Å². The average Bonchev–Trinajstić information content (AvgIpc) is 3.59. The van der Waals surface area contributed by atoms with E-state index in [1.165, 1.54) is 154 Å². The van der Waals surface area contributed by atoms with Crippen LogP contribution in [0.5, 0.6) is 0 Å². The van der Waals surface area contributed by atoms with Crippen LogP contribution in [0.2, 0.25) is 0 Å². The summed E-state index contributed by atoms with van der Waals surface area (Å²) in [5.74, 6) is -0.584. The number of esters is 4. The van der Waals surface area contributed by atoms with Crippen molar-refractivity contribution in [3.63, 3.8) is 0 Å². The monoisotopic (exact) mass is 1280 g/mol. The fourth-order valence-corrected chi connectivity index (χ4v) is 11.8. The van der Waals surface area contributed by atoms with E-state index in [0.29, 0.717) is 25.7 Å². The molecule has 0 fully saturated rings. The highest BCUT2D eigenvalue weighted by Crippen LogP contribution is 2.45. The van der Waals surface area contributed by atoms with Crippen LogP contribution in [0.3, 0.4) is 0 Å². The first-order valence-electron chi connectivity index (χ1n) is 35.5. The average molecular weight is 1280 g/mol. The van der Waals surface area contributed by atoms with Gasteiger partial charge in [0.2, 0.25) is 0 Å². The smallest absolute Gasteiger partial charge is 0.462 e. The molecule has 0 aromatic heterocycles. The van der Waals surface area contributed by atoms with Crippen LogP contribution in [0.25, 0.3) is 0 Å². The first-order valence-corrected chi connectivity index (χ1v) is 38.5. The van der Waals surface area contributed by atoms with E-state index in [9.17, 15) is 43.2 Å². The zero-order chi connectivity index (χ0) is 64.3. The summed E-state index contributed by atoms with van der Waals surface area (Å²) >= 11 is 0. The number of hydrogen-bond acceptors (Lipinski definition) is 15. The molecule has 0 amide bonds. The summed E-state index contributed by atoms with van der Waals surface area (Å²) in [6, 6.07) is 0. The van der Waals surface area contributed by atoms with Gasteiger partial charge in [-0.25, -0.2) is 9.13 Å². The number of carbonyl (C=O) groups is 4. The fourth-order valence-electron chi connectivity index (χ4n) is 10.2. The molecule has 0 spiro atoms. The van der Waals surface area contributed by atoms with Crippen LogP contribution in [-0.4, -0.2) is 96.7 Å². The summed E-state index contributed by atoms with van der Waals surface area (Å²) in [6.45, 7) is 9.51. The Hall–Kier alpha value is -1.94. The number of rotatable bonds is 67. The predicted molar refractivity (Wildman–Crippen MR) is 349 cm³/mol. The third-order valence-corrected chi connectivity index (χ3v) is 17.6. The van der Waals surface area contributed by atoms with Crippen molar-refractivity contribution >= 4 is 39.5 Å². The Morgan fingerprint density at radius 3 is 0.782 bits per heavy atom. The lowest BCUT2D eigenvalue weighted by molar-refractivity contribution is -0.161. The van der Waals surface area contributed by atoms with Gasteiger partial charge in [-0.3, -0.25) is 37.3 Å². The van der Waals surface area contributed by atoms with Crippen molar-refractivity contribution in [3.8, 4) is 0 Å². The summed E-state index contributed by atoms with van der Waals surface area (Å²) in [4.78, 5) is 72.3. The van der Waals surface area contributed by atoms with Crippen molar-refractivity contribution in [1.82, 2.24) is 0 Å². The highest BCUT2D eigenvalue weighted by Gasteiger charge is 2.30. The Morgan fingerprint density at radius 2 is 0.529 bits per heavy atom. The molecule has 0 saturated carbocycles. The minimum absolute atomic E-state index is 0.106. The number of hydrogen-bond donors (Lipinski definition) is 3. The van der Waals surface area contributed by atoms with E-state index >= 15 is 0 Å². The Labute approximate surface area is 530 Å². The molecule has 0 bridgehead atoms. The summed E-state index contributed by atoms with van der Waals surface area (Å²) in [5, 5.41) is 10.6. The van der Waals surface area contributed by atoms with Crippen molar-refractivity contribution in [3.05, 3.63) is 0 Å². The number of phosphoric ester groups is 2. The highest BCUT2D eigenvalue weighted by atomic mass is 31.2. The van der Waals surface area contributed by atoms with Gasteiger partial charge in [0.15, 0.2) is 12.2 Å². The molecule has 0 rings (SSSR count). The van der Waals surface area contributed by atoms with Gasteiger partial charge in [0.1, 0.15) is 19.3 Å². The molecular weight excluding hydrogens is 1150 g/mol. The van der Waals surface area contributed by atoms with Gasteiger partial charge in [-0.2, -0.15) is 0 Å². The van der Waals surface area contributed by atoms with Gasteiger partial charge in [0, 0.05) is 25.7 Å². The maximum atomic E-state index is 13.0. The second kappa shape index (κ2) is 60.3. The largest absolute Gasteiger partial charge is 0.472 e. The molecule has 5 atom stereocenters. The Kier molecular flexibility index (Phi) is 59.0. The molecule has 19 heteroatoms. The summed E-state index contributed by atoms with van der Waals surface area (Å²) < 4.78 is 68.1. The molecule has 516 valence electrons. The number of aliphatic hydroxyl groups is 1. The molecule has 0 heterocycles. The lowest BCUT2D eigenvalue weighted by Gasteiger charge is -2.21. The summed E-state index contributed by atoms with van der Waals surface area (Å²) in [6.07, 6.45) is 44.4. The van der Waals surface area contributed by atoms with Gasteiger partial charge in [0.05, 0.1) is 26.4 Å². The summed E-state index contributed by atoms with van der Waals surface area (Å²) in [7, 11) is -9.89. The quantitative estimate of drug-likeness (QED) is 0.0222. The van der Waals surface area contributed by atoms with Crippen molar-refractivity contribution < 1.29 is 80.2 Å². The molecule has 17 nitrogen and oxygen atoms in total. The lowest BCUT2D eigenvalue weighted by Crippen LogP contribution is -2.30. The van der Waals surface area contributed by atoms with Crippen molar-refractivity contribution in [1.29, 1.82) is 0 Å². The van der Waals surface area contributed by atoms with Gasteiger partial charge in [0.25, 0.3) is 0 Å². The molecule has 87 heavy (non-hydrogen) atoms. The molecule has 0 radical (unpaired) electrons. The van der Waals surface area contributed by atoms with E-state index in [1.54, 1.807) is 0 Å². The fraction of sp³-hybridized carbons (Fsp3) is 0.941. The molecule has 0 saturated heterocycles. The highest BCUT2D eigenvalue weighted by molar-refractivity contribution is 7.47. The van der Waals surface area contributed by atoms with Gasteiger partial charge < -0.3 is 33.8 Å². The van der Waals surface area contributed by atoms with Crippen LogP contribution in [0.15, 0.2) is 0 Å². The maximum Gasteiger partial charge on any atom is 0.472 e. The minimum Gasteiger partial charge on any atom is -0.462 e. The van der Waals surface area contributed by atoms with Crippen LogP contribution in [0.1, 0.15) is 343 Å². The minimum atomic E-state index is -4.95. The van der Waals surface area contributed by atoms with E-state index in [0.717, 1.165) is 108 Å². The van der Waals surface area contributed by atoms with Crippen molar-refractivity contribution in [2.45, 2.75) is 362 Å². The van der Waals surface area contributed by atoms with Crippen LogP contribution in [-0.2, 0) is 65.4 Å². The first kappa shape index (κ1) is 85.1. The Balaban J connectivity index is 5.22.